The van der Waals surface area contributed by atoms with Crippen LogP contribution in [0.1, 0.15) is 10.5 Å². The molecular weight excluding hydrogens is 439 g/mol. The molecule has 0 N–H and O–H groups in total. The highest BCUT2D eigenvalue weighted by molar-refractivity contribution is 7.86. The normalized spacial score (nSPS) is 19.2. The van der Waals surface area contributed by atoms with E-state index in [1.807, 2.05) is 7.05 Å². The zero-order chi connectivity index (χ0) is 22.9. The fraction of sp³-hybridized carbons (Fsp3) is 0.450. The molecule has 4 rings (SSSR count). The lowest BCUT2D eigenvalue weighted by atomic mass is 10.3. The first-order valence-electron chi connectivity index (χ1n) is 10.3. The van der Waals surface area contributed by atoms with Crippen molar-refractivity contribution in [3.63, 3.8) is 0 Å². The van der Waals surface area contributed by atoms with Crippen LogP contribution in [0.3, 0.4) is 0 Å². The van der Waals surface area contributed by atoms with Gasteiger partial charge in [-0.25, -0.2) is 4.39 Å². The van der Waals surface area contributed by atoms with Crippen LogP contribution < -0.4 is 5.56 Å². The summed E-state index contributed by atoms with van der Waals surface area (Å²) in [4.78, 5) is 28.7. The third-order valence-corrected chi connectivity index (χ3v) is 7.77. The molecule has 1 aromatic heterocycles. The number of halogens is 1. The van der Waals surface area contributed by atoms with Crippen LogP contribution in [-0.2, 0) is 10.2 Å². The van der Waals surface area contributed by atoms with Crippen molar-refractivity contribution < 1.29 is 17.6 Å². The van der Waals surface area contributed by atoms with Crippen LogP contribution >= 0.6 is 0 Å². The summed E-state index contributed by atoms with van der Waals surface area (Å²) in [5, 5.41) is 4.14. The standard InChI is InChI=1S/C20H25FN6O4S/c1-23-8-12-25(13-9-23)32(30,31)26-14-10-24(11-15-26)20(29)18-6-7-19(28)27(22-18)17-4-2-16(21)3-5-17/h2-7H,8-15H2,1H3. The van der Waals surface area contributed by atoms with Crippen LogP contribution in [0.15, 0.2) is 41.2 Å². The molecule has 10 nitrogen and oxygen atoms in total. The Morgan fingerprint density at radius 2 is 1.44 bits per heavy atom. The van der Waals surface area contributed by atoms with Crippen LogP contribution in [0.2, 0.25) is 0 Å². The molecule has 2 aliphatic rings. The third kappa shape index (κ3) is 4.58. The van der Waals surface area contributed by atoms with Crippen LogP contribution in [-0.4, -0.2) is 102 Å². The predicted molar refractivity (Wildman–Crippen MR) is 115 cm³/mol. The lowest BCUT2D eigenvalue weighted by Crippen LogP contribution is -2.57. The minimum absolute atomic E-state index is 0.0595. The zero-order valence-electron chi connectivity index (χ0n) is 17.7. The van der Waals surface area contributed by atoms with Crippen LogP contribution in [0.5, 0.6) is 0 Å². The Labute approximate surface area is 185 Å². The second kappa shape index (κ2) is 9.06. The van der Waals surface area contributed by atoms with E-state index in [1.165, 1.54) is 49.9 Å². The SMILES string of the molecule is CN1CCN(S(=O)(=O)N2CCN(C(=O)c3ccc(=O)n(-c4ccc(F)cc4)n3)CC2)CC1. The van der Waals surface area contributed by atoms with Gasteiger partial charge in [-0.2, -0.15) is 26.8 Å². The molecule has 1 aromatic carbocycles. The van der Waals surface area contributed by atoms with Crippen molar-refractivity contribution in [3.05, 3.63) is 58.3 Å². The van der Waals surface area contributed by atoms with Crippen LogP contribution in [0.25, 0.3) is 5.69 Å². The van der Waals surface area contributed by atoms with Crippen LogP contribution in [0, 0.1) is 5.82 Å². The van der Waals surface area contributed by atoms with Crippen molar-refractivity contribution in [2.45, 2.75) is 0 Å². The average Bonchev–Trinajstić information content (AvgIpc) is 2.80. The number of rotatable bonds is 4. The summed E-state index contributed by atoms with van der Waals surface area (Å²) >= 11 is 0. The number of hydrogen-bond acceptors (Lipinski definition) is 6. The Bertz CT molecular complexity index is 1140. The molecule has 0 saturated carbocycles. The summed E-state index contributed by atoms with van der Waals surface area (Å²) in [5.74, 6) is -0.837. The van der Waals surface area contributed by atoms with Gasteiger partial charge in [0.15, 0.2) is 0 Å². The van der Waals surface area contributed by atoms with E-state index in [1.54, 1.807) is 0 Å². The minimum atomic E-state index is -3.56. The maximum atomic E-state index is 13.2. The summed E-state index contributed by atoms with van der Waals surface area (Å²) in [7, 11) is -1.60. The van der Waals surface area contributed by atoms with Gasteiger partial charge in [-0.3, -0.25) is 9.59 Å². The number of likely N-dealkylation sites (N-methyl/N-ethyl adjacent to an activating group) is 1. The van der Waals surface area contributed by atoms with Crippen molar-refractivity contribution in [2.75, 3.05) is 59.4 Å². The maximum absolute atomic E-state index is 13.2. The molecule has 2 aromatic rings. The number of carbonyl (C=O) groups is 1. The molecule has 172 valence electrons. The van der Waals surface area contributed by atoms with E-state index in [9.17, 15) is 22.4 Å². The number of carbonyl (C=O) groups excluding carboxylic acids is 1. The molecule has 0 radical (unpaired) electrons. The molecule has 2 fully saturated rings. The highest BCUT2D eigenvalue weighted by Gasteiger charge is 2.35. The Kier molecular flexibility index (Phi) is 6.38. The first-order valence-corrected chi connectivity index (χ1v) is 11.7. The second-order valence-corrected chi connectivity index (χ2v) is 9.77. The van der Waals surface area contributed by atoms with Gasteiger partial charge in [0.25, 0.3) is 21.7 Å². The molecule has 0 bridgehead atoms. The topological polar surface area (TPSA) is 99.1 Å². The van der Waals surface area contributed by atoms with E-state index < -0.39 is 27.5 Å². The van der Waals surface area contributed by atoms with Gasteiger partial charge in [0, 0.05) is 58.4 Å². The lowest BCUT2D eigenvalue weighted by Gasteiger charge is -2.39. The molecule has 32 heavy (non-hydrogen) atoms. The quantitative estimate of drug-likeness (QED) is 0.612. The van der Waals surface area contributed by atoms with E-state index in [-0.39, 0.29) is 31.9 Å². The fourth-order valence-corrected chi connectivity index (χ4v) is 5.33. The molecule has 12 heteroatoms. The van der Waals surface area contributed by atoms with E-state index in [0.717, 1.165) is 4.68 Å². The van der Waals surface area contributed by atoms with Gasteiger partial charge in [-0.1, -0.05) is 0 Å². The summed E-state index contributed by atoms with van der Waals surface area (Å²) in [5.41, 5.74) is -0.0466. The van der Waals surface area contributed by atoms with E-state index in [4.69, 9.17) is 0 Å². The van der Waals surface area contributed by atoms with Crippen molar-refractivity contribution in [2.24, 2.45) is 0 Å². The Morgan fingerprint density at radius 1 is 0.875 bits per heavy atom. The first kappa shape index (κ1) is 22.5. The lowest BCUT2D eigenvalue weighted by molar-refractivity contribution is 0.0684. The molecule has 2 saturated heterocycles. The van der Waals surface area contributed by atoms with Crippen molar-refractivity contribution in [1.29, 1.82) is 0 Å². The van der Waals surface area contributed by atoms with E-state index in [0.29, 0.717) is 31.9 Å². The van der Waals surface area contributed by atoms with E-state index >= 15 is 0 Å². The molecule has 3 heterocycles. The average molecular weight is 465 g/mol. The Hall–Kier alpha value is -2.67. The molecule has 0 atom stereocenters. The summed E-state index contributed by atoms with van der Waals surface area (Å²) in [6, 6.07) is 7.80. The highest BCUT2D eigenvalue weighted by Crippen LogP contribution is 2.16. The number of hydrogen-bond donors (Lipinski definition) is 0. The number of amides is 1. The van der Waals surface area contributed by atoms with Crippen molar-refractivity contribution >= 4 is 16.1 Å². The van der Waals surface area contributed by atoms with Gasteiger partial charge in [0.2, 0.25) is 0 Å². The van der Waals surface area contributed by atoms with Gasteiger partial charge in [0.1, 0.15) is 11.5 Å². The molecule has 0 unspecified atom stereocenters. The largest absolute Gasteiger partial charge is 0.335 e. The second-order valence-electron chi connectivity index (χ2n) is 7.85. The van der Waals surface area contributed by atoms with Gasteiger partial charge in [0.05, 0.1) is 5.69 Å². The van der Waals surface area contributed by atoms with E-state index in [2.05, 4.69) is 10.00 Å². The highest BCUT2D eigenvalue weighted by atomic mass is 32.2. The van der Waals surface area contributed by atoms with Gasteiger partial charge in [-0.15, -0.1) is 0 Å². The van der Waals surface area contributed by atoms with Gasteiger partial charge in [-0.05, 0) is 37.4 Å². The number of benzene rings is 1. The molecular formula is C20H25FN6O4S. The molecule has 0 aliphatic carbocycles. The number of piperazine rings is 2. The number of nitrogens with zero attached hydrogens (tertiary/aromatic N) is 6. The molecule has 2 aliphatic heterocycles. The Morgan fingerprint density at radius 3 is 2.03 bits per heavy atom. The first-order chi connectivity index (χ1) is 15.3. The van der Waals surface area contributed by atoms with Crippen LogP contribution in [0.4, 0.5) is 4.39 Å². The molecule has 1 amide bonds. The van der Waals surface area contributed by atoms with Gasteiger partial charge >= 0.3 is 0 Å². The Balaban J connectivity index is 1.44. The third-order valence-electron chi connectivity index (χ3n) is 5.73. The molecule has 0 spiro atoms. The fourth-order valence-electron chi connectivity index (χ4n) is 3.76. The number of aromatic nitrogens is 2. The summed E-state index contributed by atoms with van der Waals surface area (Å²) in [6.45, 7) is 3.11. The summed E-state index contributed by atoms with van der Waals surface area (Å²) < 4.78 is 42.9. The smallest absolute Gasteiger partial charge is 0.282 e. The monoisotopic (exact) mass is 464 g/mol. The minimum Gasteiger partial charge on any atom is -0.335 e. The van der Waals surface area contributed by atoms with Crippen molar-refractivity contribution in [1.82, 2.24) is 28.2 Å². The summed E-state index contributed by atoms with van der Waals surface area (Å²) in [6.07, 6.45) is 0. The maximum Gasteiger partial charge on any atom is 0.282 e. The van der Waals surface area contributed by atoms with Crippen molar-refractivity contribution in [3.8, 4) is 5.69 Å². The predicted octanol–water partition coefficient (Wildman–Crippen LogP) is -0.378. The zero-order valence-corrected chi connectivity index (χ0v) is 18.5. The van der Waals surface area contributed by atoms with Gasteiger partial charge < -0.3 is 9.80 Å².